The zero-order chi connectivity index (χ0) is 13.2. The summed E-state index contributed by atoms with van der Waals surface area (Å²) in [6.07, 6.45) is 17.1. The van der Waals surface area contributed by atoms with E-state index in [9.17, 15) is 0 Å². The highest BCUT2D eigenvalue weighted by atomic mass is 14.4. The van der Waals surface area contributed by atoms with Gasteiger partial charge >= 0.3 is 0 Å². The molecule has 5 atom stereocenters. The lowest BCUT2D eigenvalue weighted by atomic mass is 9.59. The first kappa shape index (κ1) is 14.0. The largest absolute Gasteiger partial charge is 0.0625 e. The van der Waals surface area contributed by atoms with Gasteiger partial charge in [0.2, 0.25) is 0 Å². The molecule has 3 aliphatic carbocycles. The molecule has 0 nitrogen and oxygen atoms in total. The number of rotatable bonds is 2. The van der Waals surface area contributed by atoms with E-state index in [0.29, 0.717) is 0 Å². The Labute approximate surface area is 120 Å². The van der Waals surface area contributed by atoms with Crippen LogP contribution in [0.25, 0.3) is 0 Å². The van der Waals surface area contributed by atoms with Crippen LogP contribution in [-0.4, -0.2) is 0 Å². The third-order valence-electron chi connectivity index (χ3n) is 6.92. The molecule has 0 spiro atoms. The van der Waals surface area contributed by atoms with E-state index in [1.165, 1.54) is 32.1 Å². The summed E-state index contributed by atoms with van der Waals surface area (Å²) in [6.45, 7) is 4.96. The highest BCUT2D eigenvalue weighted by Gasteiger charge is 2.39. The Morgan fingerprint density at radius 2 is 1.26 bits per heavy atom. The van der Waals surface area contributed by atoms with Crippen LogP contribution >= 0.6 is 0 Å². The van der Waals surface area contributed by atoms with E-state index in [2.05, 4.69) is 13.8 Å². The molecule has 3 rings (SSSR count). The first-order valence-electron chi connectivity index (χ1n) is 9.25. The standard InChI is InChI=1S/C19H34/c1-14(2)18-9-5-6-10-19(18)17-12-11-15-7-3-4-8-16(15)13-17/h14-19H,3-13H2,1-2H3. The SMILES string of the molecule is CC(C)C1CCCCC1C1CCC2CCCCC2C1. The minimum Gasteiger partial charge on any atom is -0.0625 e. The Bertz CT molecular complexity index is 280. The van der Waals surface area contributed by atoms with Crippen LogP contribution in [0.2, 0.25) is 0 Å². The van der Waals surface area contributed by atoms with Crippen LogP contribution in [0.15, 0.2) is 0 Å². The van der Waals surface area contributed by atoms with Gasteiger partial charge in [0.15, 0.2) is 0 Å². The summed E-state index contributed by atoms with van der Waals surface area (Å²) in [4.78, 5) is 0. The molecule has 0 N–H and O–H groups in total. The minimum absolute atomic E-state index is 0.925. The minimum atomic E-state index is 0.925. The third kappa shape index (κ3) is 3.03. The lowest BCUT2D eigenvalue weighted by molar-refractivity contribution is 0.0445. The second-order valence-electron chi connectivity index (χ2n) is 8.23. The van der Waals surface area contributed by atoms with Crippen LogP contribution < -0.4 is 0 Å². The maximum atomic E-state index is 2.48. The first-order chi connectivity index (χ1) is 9.25. The lowest BCUT2D eigenvalue weighted by Gasteiger charge is -2.46. The number of hydrogen-bond acceptors (Lipinski definition) is 0. The predicted octanol–water partition coefficient (Wildman–Crippen LogP) is 6.06. The Balaban J connectivity index is 1.64. The second kappa shape index (κ2) is 6.19. The molecule has 0 aliphatic heterocycles. The van der Waals surface area contributed by atoms with E-state index in [0.717, 1.165) is 35.5 Å². The van der Waals surface area contributed by atoms with Crippen molar-refractivity contribution in [1.82, 2.24) is 0 Å². The van der Waals surface area contributed by atoms with Crippen molar-refractivity contribution in [3.8, 4) is 0 Å². The van der Waals surface area contributed by atoms with Crippen molar-refractivity contribution in [2.75, 3.05) is 0 Å². The molecule has 0 heterocycles. The van der Waals surface area contributed by atoms with Gasteiger partial charge in [-0.15, -0.1) is 0 Å². The predicted molar refractivity (Wildman–Crippen MR) is 83.1 cm³/mol. The van der Waals surface area contributed by atoms with E-state index in [1.54, 1.807) is 38.5 Å². The van der Waals surface area contributed by atoms with Gasteiger partial charge in [0.1, 0.15) is 0 Å². The normalized spacial score (nSPS) is 44.1. The molecule has 110 valence electrons. The molecule has 0 bridgehead atoms. The zero-order valence-electron chi connectivity index (χ0n) is 13.2. The van der Waals surface area contributed by atoms with E-state index in [-0.39, 0.29) is 0 Å². The quantitative estimate of drug-likeness (QED) is 0.568. The van der Waals surface area contributed by atoms with E-state index in [1.807, 2.05) is 0 Å². The van der Waals surface area contributed by atoms with Gasteiger partial charge in [0, 0.05) is 0 Å². The Kier molecular flexibility index (Phi) is 4.54. The average molecular weight is 262 g/mol. The Hall–Kier alpha value is 0. The van der Waals surface area contributed by atoms with Crippen LogP contribution in [0.5, 0.6) is 0 Å². The van der Waals surface area contributed by atoms with E-state index in [4.69, 9.17) is 0 Å². The molecule has 0 amide bonds. The highest BCUT2D eigenvalue weighted by Crippen LogP contribution is 2.49. The van der Waals surface area contributed by atoms with Crippen molar-refractivity contribution >= 4 is 0 Å². The van der Waals surface area contributed by atoms with E-state index < -0.39 is 0 Å². The molecule has 0 aromatic rings. The van der Waals surface area contributed by atoms with Crippen molar-refractivity contribution in [2.24, 2.45) is 35.5 Å². The fourth-order valence-corrected chi connectivity index (χ4v) is 5.90. The zero-order valence-corrected chi connectivity index (χ0v) is 13.2. The summed E-state index contributed by atoms with van der Waals surface area (Å²) >= 11 is 0. The Morgan fingerprint density at radius 1 is 0.632 bits per heavy atom. The molecule has 3 fully saturated rings. The van der Waals surface area contributed by atoms with Crippen molar-refractivity contribution in [3.05, 3.63) is 0 Å². The first-order valence-corrected chi connectivity index (χ1v) is 9.25. The van der Waals surface area contributed by atoms with Crippen molar-refractivity contribution in [1.29, 1.82) is 0 Å². The molecule has 3 aliphatic rings. The van der Waals surface area contributed by atoms with Crippen molar-refractivity contribution in [2.45, 2.75) is 84.5 Å². The molecule has 0 radical (unpaired) electrons. The molecule has 3 saturated carbocycles. The number of hydrogen-bond donors (Lipinski definition) is 0. The molecule has 0 saturated heterocycles. The summed E-state index contributed by atoms with van der Waals surface area (Å²) in [5.74, 6) is 6.44. The topological polar surface area (TPSA) is 0 Å². The summed E-state index contributed by atoms with van der Waals surface area (Å²) in [7, 11) is 0. The van der Waals surface area contributed by atoms with Crippen LogP contribution in [0.3, 0.4) is 0 Å². The maximum absolute atomic E-state index is 2.48. The summed E-state index contributed by atoms with van der Waals surface area (Å²) < 4.78 is 0. The van der Waals surface area contributed by atoms with Crippen molar-refractivity contribution < 1.29 is 0 Å². The van der Waals surface area contributed by atoms with Crippen LogP contribution in [0, 0.1) is 35.5 Å². The van der Waals surface area contributed by atoms with Gasteiger partial charge in [-0.1, -0.05) is 52.4 Å². The van der Waals surface area contributed by atoms with Crippen LogP contribution in [-0.2, 0) is 0 Å². The van der Waals surface area contributed by atoms with Gasteiger partial charge in [0.25, 0.3) is 0 Å². The van der Waals surface area contributed by atoms with Crippen LogP contribution in [0.4, 0.5) is 0 Å². The maximum Gasteiger partial charge on any atom is -0.0355 e. The monoisotopic (exact) mass is 262 g/mol. The highest BCUT2D eigenvalue weighted by molar-refractivity contribution is 4.89. The van der Waals surface area contributed by atoms with Gasteiger partial charge in [-0.2, -0.15) is 0 Å². The van der Waals surface area contributed by atoms with Gasteiger partial charge in [-0.25, -0.2) is 0 Å². The van der Waals surface area contributed by atoms with Crippen LogP contribution in [0.1, 0.15) is 84.5 Å². The molecule has 0 aromatic heterocycles. The fourth-order valence-electron chi connectivity index (χ4n) is 5.90. The van der Waals surface area contributed by atoms with E-state index >= 15 is 0 Å². The lowest BCUT2D eigenvalue weighted by Crippen LogP contribution is -2.36. The number of fused-ring (bicyclic) bond motifs is 1. The van der Waals surface area contributed by atoms with Crippen molar-refractivity contribution in [3.63, 3.8) is 0 Å². The van der Waals surface area contributed by atoms with Gasteiger partial charge < -0.3 is 0 Å². The molecule has 0 heteroatoms. The molecule has 5 unspecified atom stereocenters. The summed E-state index contributed by atoms with van der Waals surface area (Å²) in [5, 5.41) is 0. The smallest absolute Gasteiger partial charge is 0.0355 e. The third-order valence-corrected chi connectivity index (χ3v) is 6.92. The summed E-state index contributed by atoms with van der Waals surface area (Å²) in [5.41, 5.74) is 0. The average Bonchev–Trinajstić information content (AvgIpc) is 2.46. The van der Waals surface area contributed by atoms with Gasteiger partial charge in [0.05, 0.1) is 0 Å². The van der Waals surface area contributed by atoms with Gasteiger partial charge in [-0.05, 0) is 67.6 Å². The molecule has 0 aromatic carbocycles. The summed E-state index contributed by atoms with van der Waals surface area (Å²) in [6, 6.07) is 0. The fraction of sp³-hybridized carbons (Fsp3) is 1.00. The Morgan fingerprint density at radius 3 is 2.05 bits per heavy atom. The molecular formula is C19H34. The molecular weight excluding hydrogens is 228 g/mol. The van der Waals surface area contributed by atoms with Gasteiger partial charge in [-0.3, -0.25) is 0 Å². The molecule has 19 heavy (non-hydrogen) atoms. The second-order valence-corrected chi connectivity index (χ2v) is 8.23.